The van der Waals surface area contributed by atoms with Gasteiger partial charge in [-0.1, -0.05) is 25.1 Å². The van der Waals surface area contributed by atoms with Gasteiger partial charge in [0.1, 0.15) is 11.4 Å². The van der Waals surface area contributed by atoms with E-state index in [1.807, 2.05) is 18.2 Å². The molecule has 0 aliphatic heterocycles. The lowest BCUT2D eigenvalue weighted by atomic mass is 9.96. The molecule has 0 N–H and O–H groups in total. The monoisotopic (exact) mass is 218 g/mol. The number of benzene rings is 1. The molecule has 0 saturated carbocycles. The predicted octanol–water partition coefficient (Wildman–Crippen LogP) is 4.46. The molecule has 1 unspecified atom stereocenters. The summed E-state index contributed by atoms with van der Waals surface area (Å²) in [6.07, 6.45) is 1.96. The van der Waals surface area contributed by atoms with E-state index < -0.39 is 0 Å². The lowest BCUT2D eigenvalue weighted by molar-refractivity contribution is 0.129. The summed E-state index contributed by atoms with van der Waals surface area (Å²) < 4.78 is 5.93. The molecule has 0 aromatic heterocycles. The Morgan fingerprint density at radius 3 is 2.44 bits per heavy atom. The Balaban J connectivity index is 3.09. The average molecular weight is 218 g/mol. The van der Waals surface area contributed by atoms with Crippen molar-refractivity contribution in [3.63, 3.8) is 0 Å². The first-order valence-corrected chi connectivity index (χ1v) is 5.76. The Bertz CT molecular complexity index is 372. The van der Waals surface area contributed by atoms with Gasteiger partial charge in [0.15, 0.2) is 0 Å². The molecule has 0 radical (unpaired) electrons. The molecule has 0 spiro atoms. The van der Waals surface area contributed by atoms with Gasteiger partial charge in [-0.3, -0.25) is 0 Å². The highest BCUT2D eigenvalue weighted by Gasteiger charge is 2.15. The van der Waals surface area contributed by atoms with Crippen LogP contribution in [0.3, 0.4) is 0 Å². The normalized spacial score (nSPS) is 13.3. The Labute approximate surface area is 99.1 Å². The van der Waals surface area contributed by atoms with Crippen LogP contribution in [0.1, 0.15) is 44.7 Å². The van der Waals surface area contributed by atoms with Crippen LogP contribution in [0.5, 0.6) is 5.75 Å². The van der Waals surface area contributed by atoms with Crippen molar-refractivity contribution in [1.29, 1.82) is 0 Å². The zero-order valence-corrected chi connectivity index (χ0v) is 11.0. The molecule has 0 fully saturated rings. The minimum atomic E-state index is -0.152. The van der Waals surface area contributed by atoms with E-state index in [2.05, 4.69) is 47.3 Å². The summed E-state index contributed by atoms with van der Waals surface area (Å²) in [6.45, 7) is 14.3. The fourth-order valence-electron chi connectivity index (χ4n) is 1.69. The SMILES string of the molecule is C=CC(C)c1cccc(OC(C)(C)C)c1C. The summed E-state index contributed by atoms with van der Waals surface area (Å²) >= 11 is 0. The van der Waals surface area contributed by atoms with Gasteiger partial charge in [-0.15, -0.1) is 6.58 Å². The summed E-state index contributed by atoms with van der Waals surface area (Å²) in [4.78, 5) is 0. The number of ether oxygens (including phenoxy) is 1. The molecule has 0 heterocycles. The third kappa shape index (κ3) is 3.13. The van der Waals surface area contributed by atoms with Gasteiger partial charge in [0.2, 0.25) is 0 Å². The predicted molar refractivity (Wildman–Crippen MR) is 70.2 cm³/mol. The smallest absolute Gasteiger partial charge is 0.123 e. The second kappa shape index (κ2) is 4.73. The van der Waals surface area contributed by atoms with E-state index in [0.717, 1.165) is 5.75 Å². The summed E-state index contributed by atoms with van der Waals surface area (Å²) in [5, 5.41) is 0. The number of allylic oxidation sites excluding steroid dienone is 1. The van der Waals surface area contributed by atoms with E-state index in [1.54, 1.807) is 0 Å². The number of hydrogen-bond donors (Lipinski definition) is 0. The van der Waals surface area contributed by atoms with Crippen molar-refractivity contribution in [2.75, 3.05) is 0 Å². The van der Waals surface area contributed by atoms with Gasteiger partial charge in [0.05, 0.1) is 0 Å². The van der Waals surface area contributed by atoms with Crippen molar-refractivity contribution >= 4 is 0 Å². The Kier molecular flexibility index (Phi) is 3.79. The fraction of sp³-hybridized carbons (Fsp3) is 0.467. The highest BCUT2D eigenvalue weighted by molar-refractivity contribution is 5.42. The molecule has 1 heteroatoms. The fourth-order valence-corrected chi connectivity index (χ4v) is 1.69. The van der Waals surface area contributed by atoms with Gasteiger partial charge in [0.25, 0.3) is 0 Å². The molecule has 0 amide bonds. The first kappa shape index (κ1) is 12.8. The highest BCUT2D eigenvalue weighted by atomic mass is 16.5. The van der Waals surface area contributed by atoms with Crippen LogP contribution < -0.4 is 4.74 Å². The third-order valence-corrected chi connectivity index (χ3v) is 2.59. The van der Waals surface area contributed by atoms with E-state index in [9.17, 15) is 0 Å². The van der Waals surface area contributed by atoms with Gasteiger partial charge < -0.3 is 4.74 Å². The van der Waals surface area contributed by atoms with E-state index in [4.69, 9.17) is 4.74 Å². The second-order valence-electron chi connectivity index (χ2n) is 5.21. The molecule has 0 bridgehead atoms. The van der Waals surface area contributed by atoms with Gasteiger partial charge in [-0.2, -0.15) is 0 Å². The zero-order chi connectivity index (χ0) is 12.3. The van der Waals surface area contributed by atoms with Gasteiger partial charge in [-0.05, 0) is 50.8 Å². The molecular formula is C15H22O. The Morgan fingerprint density at radius 2 is 1.94 bits per heavy atom. The van der Waals surface area contributed by atoms with Crippen LogP contribution in [0.25, 0.3) is 0 Å². The quantitative estimate of drug-likeness (QED) is 0.680. The van der Waals surface area contributed by atoms with Crippen LogP contribution in [0.4, 0.5) is 0 Å². The molecule has 1 atom stereocenters. The third-order valence-electron chi connectivity index (χ3n) is 2.59. The highest BCUT2D eigenvalue weighted by Crippen LogP contribution is 2.29. The van der Waals surface area contributed by atoms with E-state index in [0.29, 0.717) is 5.92 Å². The maximum Gasteiger partial charge on any atom is 0.123 e. The number of hydrogen-bond acceptors (Lipinski definition) is 1. The topological polar surface area (TPSA) is 9.23 Å². The van der Waals surface area contributed by atoms with Gasteiger partial charge in [0, 0.05) is 0 Å². The van der Waals surface area contributed by atoms with Crippen LogP contribution in [0.15, 0.2) is 30.9 Å². The van der Waals surface area contributed by atoms with Crippen molar-refractivity contribution in [2.24, 2.45) is 0 Å². The molecule has 88 valence electrons. The molecule has 0 saturated heterocycles. The Hall–Kier alpha value is -1.24. The van der Waals surface area contributed by atoms with E-state index in [1.165, 1.54) is 11.1 Å². The zero-order valence-electron chi connectivity index (χ0n) is 11.0. The molecule has 1 rings (SSSR count). The summed E-state index contributed by atoms with van der Waals surface area (Å²) in [5.74, 6) is 1.34. The maximum absolute atomic E-state index is 5.93. The Morgan fingerprint density at radius 1 is 1.31 bits per heavy atom. The van der Waals surface area contributed by atoms with Crippen LogP contribution in [-0.2, 0) is 0 Å². The molecule has 1 aromatic carbocycles. The van der Waals surface area contributed by atoms with Gasteiger partial charge in [-0.25, -0.2) is 0 Å². The molecule has 0 aliphatic rings. The lowest BCUT2D eigenvalue weighted by Gasteiger charge is -2.24. The van der Waals surface area contributed by atoms with Crippen LogP contribution in [0, 0.1) is 6.92 Å². The van der Waals surface area contributed by atoms with Crippen molar-refractivity contribution in [1.82, 2.24) is 0 Å². The van der Waals surface area contributed by atoms with Gasteiger partial charge >= 0.3 is 0 Å². The molecular weight excluding hydrogens is 196 g/mol. The van der Waals surface area contributed by atoms with Crippen molar-refractivity contribution < 1.29 is 4.74 Å². The molecule has 1 aromatic rings. The maximum atomic E-state index is 5.93. The molecule has 16 heavy (non-hydrogen) atoms. The second-order valence-corrected chi connectivity index (χ2v) is 5.21. The average Bonchev–Trinajstić information content (AvgIpc) is 2.18. The van der Waals surface area contributed by atoms with Crippen molar-refractivity contribution in [3.05, 3.63) is 42.0 Å². The summed E-state index contributed by atoms with van der Waals surface area (Å²) in [5.41, 5.74) is 2.35. The van der Waals surface area contributed by atoms with Crippen molar-refractivity contribution in [3.8, 4) is 5.75 Å². The van der Waals surface area contributed by atoms with E-state index >= 15 is 0 Å². The molecule has 1 nitrogen and oxygen atoms in total. The molecule has 0 aliphatic carbocycles. The summed E-state index contributed by atoms with van der Waals surface area (Å²) in [6, 6.07) is 6.21. The van der Waals surface area contributed by atoms with Crippen LogP contribution in [0.2, 0.25) is 0 Å². The van der Waals surface area contributed by atoms with Crippen LogP contribution in [-0.4, -0.2) is 5.60 Å². The standard InChI is InChI=1S/C15H22O/c1-7-11(2)13-9-8-10-14(12(13)3)16-15(4,5)6/h7-11H,1H2,2-6H3. The summed E-state index contributed by atoms with van der Waals surface area (Å²) in [7, 11) is 0. The lowest BCUT2D eigenvalue weighted by Crippen LogP contribution is -2.23. The first-order valence-electron chi connectivity index (χ1n) is 5.76. The first-order chi connectivity index (χ1) is 7.35. The number of rotatable bonds is 3. The minimum Gasteiger partial charge on any atom is -0.488 e. The minimum absolute atomic E-state index is 0.152. The van der Waals surface area contributed by atoms with E-state index in [-0.39, 0.29) is 5.60 Å². The van der Waals surface area contributed by atoms with Crippen molar-refractivity contribution in [2.45, 2.75) is 46.1 Å². The van der Waals surface area contributed by atoms with Crippen LogP contribution >= 0.6 is 0 Å². The largest absolute Gasteiger partial charge is 0.488 e.